The average Bonchev–Trinajstić information content (AvgIpc) is 2.66. The lowest BCUT2D eigenvalue weighted by atomic mass is 9.92. The Morgan fingerprint density at radius 3 is 2.23 bits per heavy atom. The van der Waals surface area contributed by atoms with Gasteiger partial charge in [0.2, 0.25) is 0 Å². The maximum Gasteiger partial charge on any atom is 0.00121 e. The molecule has 0 aromatic carbocycles. The largest absolute Gasteiger partial charge is 0.304 e. The first-order valence-electron chi connectivity index (χ1n) is 5.83. The van der Waals surface area contributed by atoms with Crippen LogP contribution < -0.4 is 0 Å². The van der Waals surface area contributed by atoms with Crippen molar-refractivity contribution < 1.29 is 0 Å². The smallest absolute Gasteiger partial charge is 0.00121 e. The molecule has 1 saturated carbocycles. The number of rotatable bonds is 5. The van der Waals surface area contributed by atoms with Gasteiger partial charge in [-0.05, 0) is 31.8 Å². The van der Waals surface area contributed by atoms with Crippen LogP contribution in [0.1, 0.15) is 39.5 Å². The second-order valence-corrected chi connectivity index (χ2v) is 4.29. The lowest BCUT2D eigenvalue weighted by Gasteiger charge is -2.26. The Morgan fingerprint density at radius 1 is 1.23 bits per heavy atom. The van der Waals surface area contributed by atoms with Crippen LogP contribution in [0.25, 0.3) is 0 Å². The van der Waals surface area contributed by atoms with E-state index in [0.717, 1.165) is 5.92 Å². The maximum absolute atomic E-state index is 4.31. The van der Waals surface area contributed by atoms with E-state index in [9.17, 15) is 0 Å². The van der Waals surface area contributed by atoms with Crippen LogP contribution in [0.3, 0.4) is 0 Å². The van der Waals surface area contributed by atoms with Crippen LogP contribution in [0, 0.1) is 18.8 Å². The van der Waals surface area contributed by atoms with Gasteiger partial charge in [0, 0.05) is 6.54 Å². The first-order valence-corrected chi connectivity index (χ1v) is 5.83. The van der Waals surface area contributed by atoms with E-state index in [2.05, 4.69) is 25.7 Å². The Balaban J connectivity index is 2.25. The summed E-state index contributed by atoms with van der Waals surface area (Å²) in [5.41, 5.74) is 0. The summed E-state index contributed by atoms with van der Waals surface area (Å²) in [6, 6.07) is 0. The highest BCUT2D eigenvalue weighted by atomic mass is 15.1. The van der Waals surface area contributed by atoms with Crippen molar-refractivity contribution in [2.75, 3.05) is 19.6 Å². The normalized spacial score (nSPS) is 21.2. The molecule has 0 aliphatic heterocycles. The molecule has 0 bridgehead atoms. The second kappa shape index (κ2) is 5.64. The number of nitrogens with zero attached hydrogens (tertiary/aromatic N) is 1. The molecule has 0 heterocycles. The summed E-state index contributed by atoms with van der Waals surface area (Å²) in [7, 11) is 0. The molecule has 1 aliphatic rings. The van der Waals surface area contributed by atoms with Crippen molar-refractivity contribution >= 4 is 0 Å². The molecule has 0 saturated heterocycles. The predicted molar refractivity (Wildman–Crippen MR) is 58.6 cm³/mol. The molecule has 1 atom stereocenters. The van der Waals surface area contributed by atoms with Gasteiger partial charge in [-0.1, -0.05) is 39.5 Å². The fourth-order valence-corrected chi connectivity index (χ4v) is 2.39. The van der Waals surface area contributed by atoms with Crippen LogP contribution in [-0.2, 0) is 0 Å². The Labute approximate surface area is 83.5 Å². The van der Waals surface area contributed by atoms with Crippen LogP contribution in [0.4, 0.5) is 0 Å². The molecule has 0 aromatic heterocycles. The van der Waals surface area contributed by atoms with Crippen LogP contribution in [-0.4, -0.2) is 24.5 Å². The van der Waals surface area contributed by atoms with Gasteiger partial charge in [-0.25, -0.2) is 0 Å². The first kappa shape index (κ1) is 11.0. The molecule has 1 heteroatoms. The first-order chi connectivity index (χ1) is 6.27. The van der Waals surface area contributed by atoms with Gasteiger partial charge in [-0.3, -0.25) is 0 Å². The highest BCUT2D eigenvalue weighted by Gasteiger charge is 2.22. The Morgan fingerprint density at radius 2 is 1.77 bits per heavy atom. The van der Waals surface area contributed by atoms with Gasteiger partial charge in [0.25, 0.3) is 0 Å². The minimum Gasteiger partial charge on any atom is -0.304 e. The van der Waals surface area contributed by atoms with E-state index in [-0.39, 0.29) is 0 Å². The molecular weight excluding hydrogens is 158 g/mol. The van der Waals surface area contributed by atoms with Crippen molar-refractivity contribution in [1.29, 1.82) is 0 Å². The van der Waals surface area contributed by atoms with Crippen molar-refractivity contribution in [3.8, 4) is 0 Å². The Hall–Kier alpha value is -0.0400. The third-order valence-electron chi connectivity index (χ3n) is 3.45. The van der Waals surface area contributed by atoms with Crippen LogP contribution in [0.15, 0.2) is 0 Å². The van der Waals surface area contributed by atoms with Gasteiger partial charge in [-0.2, -0.15) is 0 Å². The molecule has 1 rings (SSSR count). The quantitative estimate of drug-likeness (QED) is 0.632. The van der Waals surface area contributed by atoms with Crippen LogP contribution in [0.2, 0.25) is 0 Å². The summed E-state index contributed by atoms with van der Waals surface area (Å²) in [5.74, 6) is 1.59. The van der Waals surface area contributed by atoms with E-state index in [0.29, 0.717) is 5.92 Å². The third-order valence-corrected chi connectivity index (χ3v) is 3.45. The highest BCUT2D eigenvalue weighted by Crippen LogP contribution is 2.31. The third kappa shape index (κ3) is 3.30. The Bertz CT molecular complexity index is 123. The molecule has 1 radical (unpaired) electrons. The maximum atomic E-state index is 4.31. The van der Waals surface area contributed by atoms with Gasteiger partial charge in [0.05, 0.1) is 0 Å². The lowest BCUT2D eigenvalue weighted by molar-refractivity contribution is 0.232. The zero-order valence-corrected chi connectivity index (χ0v) is 9.26. The molecule has 0 aromatic rings. The molecule has 1 fully saturated rings. The monoisotopic (exact) mass is 182 g/mol. The van der Waals surface area contributed by atoms with E-state index < -0.39 is 0 Å². The van der Waals surface area contributed by atoms with Crippen molar-refractivity contribution in [3.63, 3.8) is 0 Å². The van der Waals surface area contributed by atoms with Gasteiger partial charge in [-0.15, -0.1) is 0 Å². The molecule has 1 aliphatic carbocycles. The minimum atomic E-state index is 0.669. The van der Waals surface area contributed by atoms with E-state index >= 15 is 0 Å². The summed E-state index contributed by atoms with van der Waals surface area (Å²) in [6.45, 7) is 12.4. The molecule has 1 nitrogen and oxygen atoms in total. The van der Waals surface area contributed by atoms with Crippen molar-refractivity contribution in [2.24, 2.45) is 11.8 Å². The average molecular weight is 182 g/mol. The molecule has 1 unspecified atom stereocenters. The zero-order valence-electron chi connectivity index (χ0n) is 9.26. The van der Waals surface area contributed by atoms with E-state index in [1.165, 1.54) is 45.3 Å². The molecule has 0 amide bonds. The molecule has 0 N–H and O–H groups in total. The van der Waals surface area contributed by atoms with Gasteiger partial charge in [0.1, 0.15) is 0 Å². The SMILES string of the molecule is [CH2]C(CN(CC)CC)C1CCCC1. The highest BCUT2D eigenvalue weighted by molar-refractivity contribution is 4.79. The molecule has 13 heavy (non-hydrogen) atoms. The summed E-state index contributed by atoms with van der Waals surface area (Å²) in [5, 5.41) is 0. The topological polar surface area (TPSA) is 3.24 Å². The molecule has 0 spiro atoms. The zero-order chi connectivity index (χ0) is 9.68. The summed E-state index contributed by atoms with van der Waals surface area (Å²) in [6.07, 6.45) is 5.73. The Kier molecular flexibility index (Phi) is 4.79. The number of hydrogen-bond acceptors (Lipinski definition) is 1. The minimum absolute atomic E-state index is 0.669. The van der Waals surface area contributed by atoms with E-state index in [1.54, 1.807) is 0 Å². The molecule has 77 valence electrons. The van der Waals surface area contributed by atoms with E-state index in [1.807, 2.05) is 0 Å². The van der Waals surface area contributed by atoms with Crippen molar-refractivity contribution in [3.05, 3.63) is 6.92 Å². The molecular formula is C12H24N. The second-order valence-electron chi connectivity index (χ2n) is 4.29. The summed E-state index contributed by atoms with van der Waals surface area (Å²) < 4.78 is 0. The van der Waals surface area contributed by atoms with Gasteiger partial charge in [0.15, 0.2) is 0 Å². The standard InChI is InChI=1S/C12H24N/c1-4-13(5-2)10-11(3)12-8-6-7-9-12/h11-12H,3-10H2,1-2H3. The van der Waals surface area contributed by atoms with Crippen molar-refractivity contribution in [2.45, 2.75) is 39.5 Å². The van der Waals surface area contributed by atoms with Crippen LogP contribution >= 0.6 is 0 Å². The summed E-state index contributed by atoms with van der Waals surface area (Å²) in [4.78, 5) is 2.50. The van der Waals surface area contributed by atoms with Crippen LogP contribution in [0.5, 0.6) is 0 Å². The summed E-state index contributed by atoms with van der Waals surface area (Å²) >= 11 is 0. The fraction of sp³-hybridized carbons (Fsp3) is 0.917. The predicted octanol–water partition coefficient (Wildman–Crippen LogP) is 2.97. The fourth-order valence-electron chi connectivity index (χ4n) is 2.39. The lowest BCUT2D eigenvalue weighted by Crippen LogP contribution is -2.30. The number of hydrogen-bond donors (Lipinski definition) is 0. The van der Waals surface area contributed by atoms with Gasteiger partial charge < -0.3 is 4.90 Å². The van der Waals surface area contributed by atoms with Crippen molar-refractivity contribution in [1.82, 2.24) is 4.90 Å². The van der Waals surface area contributed by atoms with E-state index in [4.69, 9.17) is 0 Å². The van der Waals surface area contributed by atoms with Gasteiger partial charge >= 0.3 is 0 Å².